The van der Waals surface area contributed by atoms with Crippen LogP contribution in [0.15, 0.2) is 76.6 Å². The second kappa shape index (κ2) is 10.4. The number of phenolic OH excluding ortho intramolecular Hbond substituents is 1. The van der Waals surface area contributed by atoms with Crippen LogP contribution in [0.4, 0.5) is 9.52 Å². The molecule has 3 aromatic carbocycles. The lowest BCUT2D eigenvalue weighted by Gasteiger charge is -2.22. The van der Waals surface area contributed by atoms with Crippen molar-refractivity contribution in [1.29, 1.82) is 0 Å². The van der Waals surface area contributed by atoms with Crippen LogP contribution >= 0.6 is 23.1 Å². The van der Waals surface area contributed by atoms with E-state index in [-0.39, 0.29) is 34.1 Å². The second-order valence-electron chi connectivity index (χ2n) is 9.48. The van der Waals surface area contributed by atoms with E-state index in [0.717, 1.165) is 28.2 Å². The average Bonchev–Trinajstić information content (AvgIpc) is 3.63. The molecule has 0 radical (unpaired) electrons. The summed E-state index contributed by atoms with van der Waals surface area (Å²) >= 11 is 2.50. The summed E-state index contributed by atoms with van der Waals surface area (Å²) in [5.74, 6) is -1.07. The molecule has 1 fully saturated rings. The molecular weight excluding hydrogens is 553 g/mol. The number of ether oxygens (including phenoxy) is 1. The van der Waals surface area contributed by atoms with Gasteiger partial charge in [0.1, 0.15) is 29.2 Å². The minimum absolute atomic E-state index is 0.00231. The van der Waals surface area contributed by atoms with Crippen molar-refractivity contribution in [3.8, 4) is 11.5 Å². The van der Waals surface area contributed by atoms with Crippen LogP contribution in [0.3, 0.4) is 0 Å². The van der Waals surface area contributed by atoms with Crippen LogP contribution in [-0.2, 0) is 21.8 Å². The van der Waals surface area contributed by atoms with Crippen molar-refractivity contribution in [2.45, 2.75) is 35.6 Å². The molecule has 8 nitrogen and oxygen atoms in total. The maximum atomic E-state index is 13.4. The number of Topliss-reactive ketones (excluding diaryl/α,β-unsaturated/α-hetero) is 1. The summed E-state index contributed by atoms with van der Waals surface area (Å²) in [7, 11) is 0. The molecule has 4 aromatic rings. The zero-order valence-corrected chi connectivity index (χ0v) is 22.7. The molecule has 11 heteroatoms. The van der Waals surface area contributed by atoms with Gasteiger partial charge in [-0.15, -0.1) is 10.2 Å². The summed E-state index contributed by atoms with van der Waals surface area (Å²) in [5, 5.41) is 29.9. The number of ketones is 1. The van der Waals surface area contributed by atoms with Crippen LogP contribution in [0.25, 0.3) is 5.76 Å². The molecule has 1 saturated heterocycles. The maximum Gasteiger partial charge on any atom is 0.301 e. The van der Waals surface area contributed by atoms with Gasteiger partial charge in [0, 0.05) is 17.7 Å². The minimum Gasteiger partial charge on any atom is -0.508 e. The van der Waals surface area contributed by atoms with E-state index in [1.54, 1.807) is 42.5 Å². The Balaban J connectivity index is 1.38. The van der Waals surface area contributed by atoms with E-state index in [4.69, 9.17) is 4.74 Å². The molecule has 3 heterocycles. The number of rotatable bonds is 6. The standard InChI is InChI=1S/C29H22FN3O5S2/c1-15-12-19-13-18(6-11-22(19)38-15)25(35)23-24(17-4-9-21(34)10-5-17)33(27(37)26(23)36)28-31-32-29(40-28)39-14-16-2-7-20(30)8-3-16/h2-11,13,15,24,34-35H,12,14H2,1H3/b25-23+. The lowest BCUT2D eigenvalue weighted by Crippen LogP contribution is -2.29. The number of hydrogen-bond donors (Lipinski definition) is 2. The van der Waals surface area contributed by atoms with Crippen molar-refractivity contribution >= 4 is 45.7 Å². The molecule has 2 aliphatic rings. The SMILES string of the molecule is CC1Cc2cc(/C(O)=C3\C(=O)C(=O)N(c4nnc(SCc5ccc(F)cc5)s4)C3c3ccc(O)cc3)ccc2O1. The number of amides is 1. The molecule has 0 bridgehead atoms. The van der Waals surface area contributed by atoms with Gasteiger partial charge in [-0.05, 0) is 66.1 Å². The van der Waals surface area contributed by atoms with Crippen LogP contribution in [0, 0.1) is 5.82 Å². The van der Waals surface area contributed by atoms with Gasteiger partial charge in [-0.25, -0.2) is 4.39 Å². The zero-order chi connectivity index (χ0) is 28.0. The molecule has 0 spiro atoms. The van der Waals surface area contributed by atoms with Crippen molar-refractivity contribution < 1.29 is 28.9 Å². The molecule has 202 valence electrons. The molecule has 2 unspecified atom stereocenters. The number of aliphatic hydroxyl groups excluding tert-OH is 1. The molecule has 2 aliphatic heterocycles. The number of phenols is 1. The summed E-state index contributed by atoms with van der Waals surface area (Å²) in [6, 6.07) is 16.4. The van der Waals surface area contributed by atoms with Gasteiger partial charge in [0.05, 0.1) is 11.6 Å². The number of aromatic nitrogens is 2. The van der Waals surface area contributed by atoms with E-state index in [9.17, 15) is 24.2 Å². The van der Waals surface area contributed by atoms with Crippen molar-refractivity contribution in [3.05, 3.63) is 100 Å². The molecule has 6 rings (SSSR count). The van der Waals surface area contributed by atoms with Gasteiger partial charge < -0.3 is 14.9 Å². The number of carbonyl (C=O) groups excluding carboxylic acids is 2. The van der Waals surface area contributed by atoms with Crippen LogP contribution < -0.4 is 9.64 Å². The van der Waals surface area contributed by atoms with Gasteiger partial charge in [0.2, 0.25) is 5.13 Å². The predicted octanol–water partition coefficient (Wildman–Crippen LogP) is 5.62. The molecule has 0 saturated carbocycles. The third kappa shape index (κ3) is 4.82. The van der Waals surface area contributed by atoms with Crippen LogP contribution in [0.1, 0.15) is 35.2 Å². The Bertz CT molecular complexity index is 1650. The lowest BCUT2D eigenvalue weighted by molar-refractivity contribution is -0.132. The average molecular weight is 576 g/mol. The van der Waals surface area contributed by atoms with Gasteiger partial charge in [-0.2, -0.15) is 0 Å². The van der Waals surface area contributed by atoms with Crippen LogP contribution in [-0.4, -0.2) is 38.2 Å². The second-order valence-corrected chi connectivity index (χ2v) is 11.7. The normalized spacial score (nSPS) is 19.6. The number of nitrogens with zero attached hydrogens (tertiary/aromatic N) is 3. The Morgan fingerprint density at radius 1 is 1.10 bits per heavy atom. The summed E-state index contributed by atoms with van der Waals surface area (Å²) < 4.78 is 19.5. The van der Waals surface area contributed by atoms with Crippen LogP contribution in [0.5, 0.6) is 11.5 Å². The van der Waals surface area contributed by atoms with Gasteiger partial charge >= 0.3 is 5.91 Å². The number of hydrogen-bond acceptors (Lipinski definition) is 9. The molecule has 1 aromatic heterocycles. The highest BCUT2D eigenvalue weighted by Gasteiger charge is 2.48. The Kier molecular flexibility index (Phi) is 6.77. The van der Waals surface area contributed by atoms with Gasteiger partial charge in [-0.1, -0.05) is 47.4 Å². The summed E-state index contributed by atoms with van der Waals surface area (Å²) in [6.07, 6.45) is 0.664. The first-order chi connectivity index (χ1) is 19.3. The lowest BCUT2D eigenvalue weighted by atomic mass is 9.94. The number of carbonyl (C=O) groups is 2. The van der Waals surface area contributed by atoms with E-state index in [2.05, 4.69) is 10.2 Å². The largest absolute Gasteiger partial charge is 0.508 e. The monoisotopic (exact) mass is 575 g/mol. The first-order valence-corrected chi connectivity index (χ1v) is 14.2. The number of fused-ring (bicyclic) bond motifs is 1. The van der Waals surface area contributed by atoms with E-state index in [1.807, 2.05) is 6.92 Å². The minimum atomic E-state index is -0.994. The fraction of sp³-hybridized carbons (Fsp3) is 0.172. The summed E-state index contributed by atoms with van der Waals surface area (Å²) in [6.45, 7) is 1.95. The Morgan fingerprint density at radius 2 is 1.85 bits per heavy atom. The Labute approximate surface area is 236 Å². The highest BCUT2D eigenvalue weighted by molar-refractivity contribution is 8.00. The molecule has 1 amide bonds. The van der Waals surface area contributed by atoms with E-state index >= 15 is 0 Å². The van der Waals surface area contributed by atoms with Crippen molar-refractivity contribution in [2.75, 3.05) is 4.90 Å². The Morgan fingerprint density at radius 3 is 2.60 bits per heavy atom. The number of aliphatic hydroxyl groups is 1. The predicted molar refractivity (Wildman–Crippen MR) is 149 cm³/mol. The molecule has 40 heavy (non-hydrogen) atoms. The number of aromatic hydroxyl groups is 1. The Hall–Kier alpha value is -4.22. The van der Waals surface area contributed by atoms with Crippen molar-refractivity contribution in [3.63, 3.8) is 0 Å². The van der Waals surface area contributed by atoms with E-state index in [0.29, 0.717) is 27.6 Å². The summed E-state index contributed by atoms with van der Waals surface area (Å²) in [4.78, 5) is 28.1. The molecule has 2 N–H and O–H groups in total. The molecule has 0 aliphatic carbocycles. The maximum absolute atomic E-state index is 13.4. The third-order valence-electron chi connectivity index (χ3n) is 6.70. The zero-order valence-electron chi connectivity index (χ0n) is 21.1. The molecule has 2 atom stereocenters. The van der Waals surface area contributed by atoms with E-state index in [1.165, 1.54) is 40.9 Å². The summed E-state index contributed by atoms with van der Waals surface area (Å²) in [5.41, 5.74) is 2.61. The quantitative estimate of drug-likeness (QED) is 0.100. The van der Waals surface area contributed by atoms with E-state index < -0.39 is 17.7 Å². The molecular formula is C29H22FN3O5S2. The first kappa shape index (κ1) is 26.0. The highest BCUT2D eigenvalue weighted by atomic mass is 32.2. The van der Waals surface area contributed by atoms with Crippen molar-refractivity contribution in [2.24, 2.45) is 0 Å². The van der Waals surface area contributed by atoms with Gasteiger partial charge in [0.25, 0.3) is 5.78 Å². The van der Waals surface area contributed by atoms with Crippen molar-refractivity contribution in [1.82, 2.24) is 10.2 Å². The highest BCUT2D eigenvalue weighted by Crippen LogP contribution is 2.44. The fourth-order valence-electron chi connectivity index (χ4n) is 4.81. The smallest absolute Gasteiger partial charge is 0.301 e. The van der Waals surface area contributed by atoms with Gasteiger partial charge in [-0.3, -0.25) is 14.5 Å². The number of anilines is 1. The first-order valence-electron chi connectivity index (χ1n) is 12.4. The number of benzene rings is 3. The van der Waals surface area contributed by atoms with Gasteiger partial charge in [0.15, 0.2) is 4.34 Å². The fourth-order valence-corrected chi connectivity index (χ4v) is 6.63. The van der Waals surface area contributed by atoms with Crippen LogP contribution in [0.2, 0.25) is 0 Å². The topological polar surface area (TPSA) is 113 Å². The number of halogens is 1. The third-order valence-corrected chi connectivity index (χ3v) is 8.83. The number of thioether (sulfide) groups is 1.